The van der Waals surface area contributed by atoms with E-state index in [0.29, 0.717) is 5.41 Å². The molecular weight excluding hydrogens is 260 g/mol. The van der Waals surface area contributed by atoms with Gasteiger partial charge in [0.25, 0.3) is 0 Å². The number of rotatable bonds is 8. The molecule has 3 nitrogen and oxygen atoms in total. The van der Waals surface area contributed by atoms with Crippen molar-refractivity contribution in [3.8, 4) is 0 Å². The molecule has 124 valence electrons. The lowest BCUT2D eigenvalue weighted by Crippen LogP contribution is -2.49. The predicted molar refractivity (Wildman–Crippen MR) is 89.7 cm³/mol. The first-order valence-electron chi connectivity index (χ1n) is 9.21. The number of hydrogen-bond donors (Lipinski definition) is 1. The van der Waals surface area contributed by atoms with Crippen molar-refractivity contribution in [1.82, 2.24) is 10.2 Å². The Morgan fingerprint density at radius 3 is 2.67 bits per heavy atom. The number of hydrogen-bond acceptors (Lipinski definition) is 3. The van der Waals surface area contributed by atoms with Crippen LogP contribution in [0.25, 0.3) is 0 Å². The zero-order chi connectivity index (χ0) is 15.0. The van der Waals surface area contributed by atoms with Gasteiger partial charge in [-0.15, -0.1) is 0 Å². The third-order valence-electron chi connectivity index (χ3n) is 5.23. The van der Waals surface area contributed by atoms with E-state index < -0.39 is 0 Å². The van der Waals surface area contributed by atoms with Crippen molar-refractivity contribution < 1.29 is 4.74 Å². The highest BCUT2D eigenvalue weighted by atomic mass is 16.5. The second-order valence-corrected chi connectivity index (χ2v) is 7.53. The number of nitrogens with one attached hydrogen (secondary N) is 1. The van der Waals surface area contributed by atoms with E-state index in [-0.39, 0.29) is 0 Å². The van der Waals surface area contributed by atoms with Crippen molar-refractivity contribution >= 4 is 0 Å². The maximum Gasteiger partial charge on any atom is 0.0546 e. The second kappa shape index (κ2) is 9.12. The van der Waals surface area contributed by atoms with Gasteiger partial charge in [0, 0.05) is 31.7 Å². The van der Waals surface area contributed by atoms with E-state index in [9.17, 15) is 0 Å². The van der Waals surface area contributed by atoms with E-state index in [1.165, 1.54) is 64.5 Å². The van der Waals surface area contributed by atoms with Crippen molar-refractivity contribution in [3.05, 3.63) is 0 Å². The Morgan fingerprint density at radius 1 is 1.19 bits per heavy atom. The molecule has 0 bridgehead atoms. The maximum absolute atomic E-state index is 5.84. The molecule has 0 amide bonds. The number of nitrogens with zero attached hydrogens (tertiary/aromatic N) is 1. The zero-order valence-corrected chi connectivity index (χ0v) is 14.3. The van der Waals surface area contributed by atoms with Crippen LogP contribution in [-0.4, -0.2) is 51.3 Å². The highest BCUT2D eigenvalue weighted by Gasteiger charge is 2.34. The van der Waals surface area contributed by atoms with Gasteiger partial charge >= 0.3 is 0 Å². The SMILES string of the molecule is CCCNCC1(CN(C)CC2CCCCC2)CCCOC1. The summed E-state index contributed by atoms with van der Waals surface area (Å²) in [7, 11) is 2.32. The van der Waals surface area contributed by atoms with Crippen LogP contribution in [0.5, 0.6) is 0 Å². The van der Waals surface area contributed by atoms with Gasteiger partial charge in [0.1, 0.15) is 0 Å². The summed E-state index contributed by atoms with van der Waals surface area (Å²) in [4.78, 5) is 2.60. The summed E-state index contributed by atoms with van der Waals surface area (Å²) in [6.07, 6.45) is 11.0. The van der Waals surface area contributed by atoms with Gasteiger partial charge in [-0.3, -0.25) is 0 Å². The van der Waals surface area contributed by atoms with Crippen LogP contribution in [0.15, 0.2) is 0 Å². The molecule has 0 aromatic heterocycles. The smallest absolute Gasteiger partial charge is 0.0546 e. The van der Waals surface area contributed by atoms with Crippen LogP contribution in [0, 0.1) is 11.3 Å². The Labute approximate surface area is 131 Å². The van der Waals surface area contributed by atoms with Crippen molar-refractivity contribution in [3.63, 3.8) is 0 Å². The lowest BCUT2D eigenvalue weighted by Gasteiger charge is -2.41. The fourth-order valence-electron chi connectivity index (χ4n) is 4.21. The molecule has 0 aromatic carbocycles. The third-order valence-corrected chi connectivity index (χ3v) is 5.23. The molecule has 0 aromatic rings. The minimum absolute atomic E-state index is 0.344. The van der Waals surface area contributed by atoms with Crippen molar-refractivity contribution in [2.45, 2.75) is 58.3 Å². The van der Waals surface area contributed by atoms with Crippen LogP contribution >= 0.6 is 0 Å². The van der Waals surface area contributed by atoms with Crippen LogP contribution in [0.4, 0.5) is 0 Å². The van der Waals surface area contributed by atoms with E-state index in [2.05, 4.69) is 24.2 Å². The van der Waals surface area contributed by atoms with Crippen molar-refractivity contribution in [2.75, 3.05) is 46.4 Å². The van der Waals surface area contributed by atoms with Crippen molar-refractivity contribution in [1.29, 1.82) is 0 Å². The molecule has 2 fully saturated rings. The minimum Gasteiger partial charge on any atom is -0.381 e. The summed E-state index contributed by atoms with van der Waals surface area (Å²) in [5.74, 6) is 0.939. The quantitative estimate of drug-likeness (QED) is 0.696. The van der Waals surface area contributed by atoms with E-state index in [4.69, 9.17) is 4.74 Å². The van der Waals surface area contributed by atoms with Crippen LogP contribution in [-0.2, 0) is 4.74 Å². The van der Waals surface area contributed by atoms with E-state index in [1.807, 2.05) is 0 Å². The molecule has 2 aliphatic rings. The molecule has 1 saturated heterocycles. The summed E-state index contributed by atoms with van der Waals surface area (Å²) in [6, 6.07) is 0. The van der Waals surface area contributed by atoms with Gasteiger partial charge in [-0.05, 0) is 51.6 Å². The first-order valence-corrected chi connectivity index (χ1v) is 9.21. The molecule has 2 rings (SSSR count). The molecule has 1 aliphatic carbocycles. The molecule has 1 heterocycles. The van der Waals surface area contributed by atoms with E-state index >= 15 is 0 Å². The van der Waals surface area contributed by atoms with Gasteiger partial charge < -0.3 is 15.0 Å². The molecule has 1 saturated carbocycles. The Bertz CT molecular complexity index is 270. The highest BCUT2D eigenvalue weighted by Crippen LogP contribution is 2.30. The van der Waals surface area contributed by atoms with Crippen LogP contribution in [0.3, 0.4) is 0 Å². The normalized spacial score (nSPS) is 28.1. The molecule has 21 heavy (non-hydrogen) atoms. The van der Waals surface area contributed by atoms with Crippen LogP contribution < -0.4 is 5.32 Å². The van der Waals surface area contributed by atoms with Gasteiger partial charge in [0.2, 0.25) is 0 Å². The molecule has 0 spiro atoms. The molecule has 3 heteroatoms. The molecular formula is C18H36N2O. The highest BCUT2D eigenvalue weighted by molar-refractivity contribution is 4.87. The fraction of sp³-hybridized carbons (Fsp3) is 1.00. The Morgan fingerprint density at radius 2 is 2.00 bits per heavy atom. The van der Waals surface area contributed by atoms with Gasteiger partial charge in [0.05, 0.1) is 6.61 Å². The topological polar surface area (TPSA) is 24.5 Å². The van der Waals surface area contributed by atoms with Crippen LogP contribution in [0.1, 0.15) is 58.3 Å². The van der Waals surface area contributed by atoms with Gasteiger partial charge in [-0.1, -0.05) is 26.2 Å². The Kier molecular flexibility index (Phi) is 7.48. The summed E-state index contributed by atoms with van der Waals surface area (Å²) < 4.78 is 5.84. The second-order valence-electron chi connectivity index (χ2n) is 7.53. The third kappa shape index (κ3) is 5.88. The Hall–Kier alpha value is -0.120. The fourth-order valence-corrected chi connectivity index (χ4v) is 4.21. The average Bonchev–Trinajstić information content (AvgIpc) is 2.49. The predicted octanol–water partition coefficient (Wildman–Crippen LogP) is 3.29. The largest absolute Gasteiger partial charge is 0.381 e. The maximum atomic E-state index is 5.84. The van der Waals surface area contributed by atoms with E-state index in [0.717, 1.165) is 32.2 Å². The lowest BCUT2D eigenvalue weighted by molar-refractivity contribution is -0.0248. The summed E-state index contributed by atoms with van der Waals surface area (Å²) in [6.45, 7) is 8.88. The van der Waals surface area contributed by atoms with Crippen LogP contribution in [0.2, 0.25) is 0 Å². The first-order chi connectivity index (χ1) is 10.2. The summed E-state index contributed by atoms with van der Waals surface area (Å²) in [5.41, 5.74) is 0.344. The monoisotopic (exact) mass is 296 g/mol. The molecule has 1 unspecified atom stereocenters. The molecule has 1 atom stereocenters. The average molecular weight is 296 g/mol. The molecule has 1 aliphatic heterocycles. The molecule has 0 radical (unpaired) electrons. The summed E-state index contributed by atoms with van der Waals surface area (Å²) >= 11 is 0. The Balaban J connectivity index is 1.81. The van der Waals surface area contributed by atoms with Gasteiger partial charge in [0.15, 0.2) is 0 Å². The minimum atomic E-state index is 0.344. The lowest BCUT2D eigenvalue weighted by atomic mass is 9.81. The van der Waals surface area contributed by atoms with Crippen molar-refractivity contribution in [2.24, 2.45) is 11.3 Å². The zero-order valence-electron chi connectivity index (χ0n) is 14.3. The first kappa shape index (κ1) is 17.2. The van der Waals surface area contributed by atoms with Gasteiger partial charge in [-0.2, -0.15) is 0 Å². The number of ether oxygens (including phenoxy) is 1. The standard InChI is InChI=1S/C18H36N2O/c1-3-11-19-14-18(10-7-12-21-16-18)15-20(2)13-17-8-5-4-6-9-17/h17,19H,3-16H2,1-2H3. The molecule has 1 N–H and O–H groups in total. The summed E-state index contributed by atoms with van der Waals surface area (Å²) in [5, 5.41) is 3.65. The van der Waals surface area contributed by atoms with E-state index in [1.54, 1.807) is 0 Å². The van der Waals surface area contributed by atoms with Gasteiger partial charge in [-0.25, -0.2) is 0 Å².